The quantitative estimate of drug-likeness (QED) is 0.623. The monoisotopic (exact) mass is 374 g/mol. The lowest BCUT2D eigenvalue weighted by atomic mass is 10.1. The van der Waals surface area contributed by atoms with Crippen molar-refractivity contribution in [2.45, 2.75) is 12.8 Å². The van der Waals surface area contributed by atoms with E-state index in [1.807, 2.05) is 6.07 Å². The third kappa shape index (κ3) is 5.03. The maximum atomic E-state index is 11.9. The number of carbonyl (C=O) groups is 3. The van der Waals surface area contributed by atoms with E-state index in [2.05, 4.69) is 26.8 Å². The van der Waals surface area contributed by atoms with E-state index in [1.54, 1.807) is 48.5 Å². The largest absolute Gasteiger partial charge is 0.294 e. The standard InChI is InChI=1S/C17H15BrN2O3/c18-14-9-5-4-8-13(14)17(23)20-19-16(22)11-10-15(21)12-6-2-1-3-7-12/h1-9H,10-11H2,(H,19,22)(H,20,23). The lowest BCUT2D eigenvalue weighted by Crippen LogP contribution is -2.41. The molecule has 0 aliphatic carbocycles. The maximum absolute atomic E-state index is 11.9. The zero-order valence-electron chi connectivity index (χ0n) is 12.2. The van der Waals surface area contributed by atoms with Crippen LogP contribution >= 0.6 is 15.9 Å². The van der Waals surface area contributed by atoms with Crippen molar-refractivity contribution in [2.24, 2.45) is 0 Å². The number of benzene rings is 2. The molecule has 0 spiro atoms. The molecule has 0 radical (unpaired) electrons. The molecule has 0 aliphatic heterocycles. The van der Waals surface area contributed by atoms with E-state index < -0.39 is 11.8 Å². The fraction of sp³-hybridized carbons (Fsp3) is 0.118. The molecule has 0 aliphatic rings. The third-order valence-corrected chi connectivity index (χ3v) is 3.80. The van der Waals surface area contributed by atoms with E-state index in [0.717, 1.165) is 0 Å². The summed E-state index contributed by atoms with van der Waals surface area (Å²) in [5.74, 6) is -0.965. The Hall–Kier alpha value is -2.47. The van der Waals surface area contributed by atoms with Crippen LogP contribution in [0.4, 0.5) is 0 Å². The summed E-state index contributed by atoms with van der Waals surface area (Å²) >= 11 is 3.26. The van der Waals surface area contributed by atoms with E-state index >= 15 is 0 Å². The van der Waals surface area contributed by atoms with Gasteiger partial charge in [-0.25, -0.2) is 0 Å². The number of hydrogen-bond donors (Lipinski definition) is 2. The number of Topliss-reactive ketones (excluding diaryl/α,β-unsaturated/α-hetero) is 1. The molecule has 0 fully saturated rings. The minimum atomic E-state index is -0.430. The van der Waals surface area contributed by atoms with Gasteiger partial charge in [-0.1, -0.05) is 42.5 Å². The van der Waals surface area contributed by atoms with Crippen molar-refractivity contribution in [2.75, 3.05) is 0 Å². The van der Waals surface area contributed by atoms with Gasteiger partial charge in [-0.3, -0.25) is 25.2 Å². The molecule has 2 rings (SSSR count). The van der Waals surface area contributed by atoms with Crippen molar-refractivity contribution >= 4 is 33.5 Å². The van der Waals surface area contributed by atoms with Gasteiger partial charge in [0.1, 0.15) is 0 Å². The number of hydrazine groups is 1. The second-order valence-electron chi connectivity index (χ2n) is 4.77. The van der Waals surface area contributed by atoms with Gasteiger partial charge in [0.2, 0.25) is 5.91 Å². The Kier molecular flexibility index (Phi) is 6.05. The third-order valence-electron chi connectivity index (χ3n) is 3.11. The molecular weight excluding hydrogens is 360 g/mol. The molecule has 2 N–H and O–H groups in total. The number of hydrogen-bond acceptors (Lipinski definition) is 3. The molecular formula is C17H15BrN2O3. The molecule has 0 atom stereocenters. The molecule has 2 aromatic rings. The second kappa shape index (κ2) is 8.24. The van der Waals surface area contributed by atoms with Crippen LogP contribution in [0.15, 0.2) is 59.1 Å². The molecule has 23 heavy (non-hydrogen) atoms. The topological polar surface area (TPSA) is 75.3 Å². The Balaban J connectivity index is 1.78. The predicted octanol–water partition coefficient (Wildman–Crippen LogP) is 2.87. The first kappa shape index (κ1) is 16.9. The van der Waals surface area contributed by atoms with Crippen LogP contribution in [0.2, 0.25) is 0 Å². The van der Waals surface area contributed by atoms with Crippen LogP contribution in [0.3, 0.4) is 0 Å². The van der Waals surface area contributed by atoms with Crippen LogP contribution in [0.25, 0.3) is 0 Å². The number of carbonyl (C=O) groups excluding carboxylic acids is 3. The smallest absolute Gasteiger partial charge is 0.270 e. The highest BCUT2D eigenvalue weighted by Gasteiger charge is 2.12. The van der Waals surface area contributed by atoms with E-state index in [4.69, 9.17) is 0 Å². The van der Waals surface area contributed by atoms with E-state index in [0.29, 0.717) is 15.6 Å². The highest BCUT2D eigenvalue weighted by molar-refractivity contribution is 9.10. The van der Waals surface area contributed by atoms with Crippen molar-refractivity contribution in [3.05, 3.63) is 70.2 Å². The molecule has 5 nitrogen and oxygen atoms in total. The number of rotatable bonds is 5. The van der Waals surface area contributed by atoms with Crippen molar-refractivity contribution in [3.8, 4) is 0 Å². The molecule has 2 amide bonds. The van der Waals surface area contributed by atoms with Crippen LogP contribution in [0.1, 0.15) is 33.6 Å². The molecule has 0 aromatic heterocycles. The van der Waals surface area contributed by atoms with Crippen LogP contribution in [-0.2, 0) is 4.79 Å². The minimum Gasteiger partial charge on any atom is -0.294 e. The molecule has 0 unspecified atom stereocenters. The zero-order chi connectivity index (χ0) is 16.7. The average molecular weight is 375 g/mol. The van der Waals surface area contributed by atoms with Crippen LogP contribution < -0.4 is 10.9 Å². The van der Waals surface area contributed by atoms with Gasteiger partial charge in [-0.2, -0.15) is 0 Å². The number of halogens is 1. The lowest BCUT2D eigenvalue weighted by Gasteiger charge is -2.08. The van der Waals surface area contributed by atoms with Gasteiger partial charge < -0.3 is 0 Å². The molecule has 0 heterocycles. The first-order valence-corrected chi connectivity index (χ1v) is 7.79. The Morgan fingerprint density at radius 1 is 0.826 bits per heavy atom. The summed E-state index contributed by atoms with van der Waals surface area (Å²) in [5, 5.41) is 0. The molecule has 0 saturated carbocycles. The van der Waals surface area contributed by atoms with Gasteiger partial charge in [0.15, 0.2) is 5.78 Å². The average Bonchev–Trinajstić information content (AvgIpc) is 2.58. The molecule has 118 valence electrons. The van der Waals surface area contributed by atoms with Crippen molar-refractivity contribution in [1.29, 1.82) is 0 Å². The SMILES string of the molecule is O=C(CCC(=O)c1ccccc1)NNC(=O)c1ccccc1Br. The summed E-state index contributed by atoms with van der Waals surface area (Å²) in [5.41, 5.74) is 5.60. The highest BCUT2D eigenvalue weighted by Crippen LogP contribution is 2.15. The van der Waals surface area contributed by atoms with Gasteiger partial charge in [-0.05, 0) is 28.1 Å². The summed E-state index contributed by atoms with van der Waals surface area (Å²) in [6.45, 7) is 0. The van der Waals surface area contributed by atoms with Crippen LogP contribution in [0, 0.1) is 0 Å². The van der Waals surface area contributed by atoms with E-state index in [-0.39, 0.29) is 18.6 Å². The molecule has 0 bridgehead atoms. The second-order valence-corrected chi connectivity index (χ2v) is 5.63. The van der Waals surface area contributed by atoms with Crippen LogP contribution in [0.5, 0.6) is 0 Å². The molecule has 2 aromatic carbocycles. The van der Waals surface area contributed by atoms with Gasteiger partial charge in [0.25, 0.3) is 5.91 Å². The number of nitrogens with one attached hydrogen (secondary N) is 2. The van der Waals surface area contributed by atoms with E-state index in [9.17, 15) is 14.4 Å². The van der Waals surface area contributed by atoms with Gasteiger partial charge in [0, 0.05) is 22.9 Å². The summed E-state index contributed by atoms with van der Waals surface area (Å²) < 4.78 is 0.631. The predicted molar refractivity (Wildman–Crippen MR) is 89.8 cm³/mol. The fourth-order valence-electron chi connectivity index (χ4n) is 1.90. The first-order valence-electron chi connectivity index (χ1n) is 7.00. The van der Waals surface area contributed by atoms with Gasteiger partial charge in [-0.15, -0.1) is 0 Å². The van der Waals surface area contributed by atoms with E-state index in [1.165, 1.54) is 0 Å². The zero-order valence-corrected chi connectivity index (χ0v) is 13.8. The Labute approximate surface area is 142 Å². The van der Waals surface area contributed by atoms with Crippen molar-refractivity contribution < 1.29 is 14.4 Å². The minimum absolute atomic E-state index is 0.00394. The van der Waals surface area contributed by atoms with Crippen molar-refractivity contribution in [3.63, 3.8) is 0 Å². The van der Waals surface area contributed by atoms with Gasteiger partial charge >= 0.3 is 0 Å². The maximum Gasteiger partial charge on any atom is 0.270 e. The lowest BCUT2D eigenvalue weighted by molar-refractivity contribution is -0.121. The number of ketones is 1. The summed E-state index contributed by atoms with van der Waals surface area (Å²) in [6.07, 6.45) is 0.0880. The fourth-order valence-corrected chi connectivity index (χ4v) is 2.36. The van der Waals surface area contributed by atoms with Gasteiger partial charge in [0.05, 0.1) is 5.56 Å². The van der Waals surface area contributed by atoms with Crippen molar-refractivity contribution in [1.82, 2.24) is 10.9 Å². The molecule has 6 heteroatoms. The first-order chi connectivity index (χ1) is 11.1. The molecule has 0 saturated heterocycles. The summed E-state index contributed by atoms with van der Waals surface area (Å²) in [4.78, 5) is 35.5. The number of amides is 2. The van der Waals surface area contributed by atoms with Crippen LogP contribution in [-0.4, -0.2) is 17.6 Å². The Morgan fingerprint density at radius 2 is 1.48 bits per heavy atom. The summed E-state index contributed by atoms with van der Waals surface area (Å²) in [7, 11) is 0. The Morgan fingerprint density at radius 3 is 2.17 bits per heavy atom. The highest BCUT2D eigenvalue weighted by atomic mass is 79.9. The Bertz CT molecular complexity index is 717. The summed E-state index contributed by atoms with van der Waals surface area (Å²) in [6, 6.07) is 15.6. The normalized spacial score (nSPS) is 9.96.